The molecule has 0 saturated heterocycles. The topological polar surface area (TPSA) is 54.0 Å². The van der Waals surface area contributed by atoms with Crippen LogP contribution in [0.2, 0.25) is 5.02 Å². The largest absolute Gasteiger partial charge is 0.364 e. The number of benzene rings is 2. The van der Waals surface area contributed by atoms with E-state index in [1.165, 1.54) is 5.56 Å². The molecule has 1 aromatic heterocycles. The van der Waals surface area contributed by atoms with E-state index >= 15 is 0 Å². The molecule has 3 aromatic rings. The Labute approximate surface area is 164 Å². The third kappa shape index (κ3) is 5.56. The molecule has 1 amide bonds. The van der Waals surface area contributed by atoms with E-state index in [9.17, 15) is 4.79 Å². The number of aromatic nitrogens is 1. The van der Waals surface area contributed by atoms with Gasteiger partial charge in [-0.3, -0.25) is 4.79 Å². The van der Waals surface area contributed by atoms with Gasteiger partial charge in [-0.1, -0.05) is 54.1 Å². The first-order valence-corrected chi connectivity index (χ1v) is 9.30. The van der Waals surface area contributed by atoms with E-state index in [0.29, 0.717) is 17.1 Å². The summed E-state index contributed by atoms with van der Waals surface area (Å²) in [6.45, 7) is 2.64. The number of amides is 1. The van der Waals surface area contributed by atoms with Gasteiger partial charge in [0.25, 0.3) is 5.91 Å². The molecule has 3 rings (SSSR count). The molecule has 0 bridgehead atoms. The van der Waals surface area contributed by atoms with Gasteiger partial charge in [-0.15, -0.1) is 0 Å². The number of rotatable bonds is 7. The van der Waals surface area contributed by atoms with Crippen LogP contribution in [0.4, 0.5) is 5.82 Å². The summed E-state index contributed by atoms with van der Waals surface area (Å²) in [6, 6.07) is 21.5. The lowest BCUT2D eigenvalue weighted by Crippen LogP contribution is -2.25. The number of carbonyl (C=O) groups excluding carboxylic acids is 1. The number of pyridine rings is 1. The third-order valence-electron chi connectivity index (χ3n) is 4.30. The van der Waals surface area contributed by atoms with E-state index in [4.69, 9.17) is 11.6 Å². The molecule has 0 saturated carbocycles. The molecular formula is C22H22ClN3O. The first kappa shape index (κ1) is 18.9. The third-order valence-corrected chi connectivity index (χ3v) is 4.55. The second kappa shape index (κ2) is 9.19. The van der Waals surface area contributed by atoms with Crippen LogP contribution in [0.5, 0.6) is 0 Å². The van der Waals surface area contributed by atoms with Gasteiger partial charge in [0, 0.05) is 23.8 Å². The van der Waals surface area contributed by atoms with Gasteiger partial charge in [0.15, 0.2) is 0 Å². The smallest absolute Gasteiger partial charge is 0.252 e. The average Bonchev–Trinajstić information content (AvgIpc) is 2.70. The SMILES string of the molecule is CC(Nc1ccc(C(=O)NCCc2ccc(Cl)cc2)cn1)c1ccccc1. The molecular weight excluding hydrogens is 358 g/mol. The van der Waals surface area contributed by atoms with Crippen LogP contribution in [0.3, 0.4) is 0 Å². The normalized spacial score (nSPS) is 11.6. The Morgan fingerprint density at radius 3 is 2.44 bits per heavy atom. The standard InChI is InChI=1S/C22H22ClN3O/c1-16(18-5-3-2-4-6-18)26-21-12-9-19(15-25-21)22(27)24-14-13-17-7-10-20(23)11-8-17/h2-12,15-16H,13-14H2,1H3,(H,24,27)(H,25,26). The number of nitrogens with zero attached hydrogens (tertiary/aromatic N) is 1. The quantitative estimate of drug-likeness (QED) is 0.615. The Kier molecular flexibility index (Phi) is 6.44. The van der Waals surface area contributed by atoms with E-state index in [1.54, 1.807) is 12.3 Å². The molecule has 1 unspecified atom stereocenters. The number of hydrogen-bond donors (Lipinski definition) is 2. The zero-order chi connectivity index (χ0) is 19.1. The van der Waals surface area contributed by atoms with Crippen LogP contribution in [0.25, 0.3) is 0 Å². The van der Waals surface area contributed by atoms with E-state index < -0.39 is 0 Å². The van der Waals surface area contributed by atoms with Crippen molar-refractivity contribution in [3.8, 4) is 0 Å². The lowest BCUT2D eigenvalue weighted by atomic mass is 10.1. The number of anilines is 1. The molecule has 0 fully saturated rings. The fourth-order valence-corrected chi connectivity index (χ4v) is 2.86. The first-order chi connectivity index (χ1) is 13.1. The highest BCUT2D eigenvalue weighted by Gasteiger charge is 2.08. The highest BCUT2D eigenvalue weighted by Crippen LogP contribution is 2.17. The maximum Gasteiger partial charge on any atom is 0.252 e. The molecule has 1 atom stereocenters. The van der Waals surface area contributed by atoms with Crippen LogP contribution in [0.15, 0.2) is 72.9 Å². The van der Waals surface area contributed by atoms with Crippen LogP contribution in [0.1, 0.15) is 34.5 Å². The molecule has 138 valence electrons. The van der Waals surface area contributed by atoms with E-state index in [1.807, 2.05) is 48.5 Å². The monoisotopic (exact) mass is 379 g/mol. The summed E-state index contributed by atoms with van der Waals surface area (Å²) in [6.07, 6.45) is 2.35. The first-order valence-electron chi connectivity index (χ1n) is 8.92. The Morgan fingerprint density at radius 2 is 1.78 bits per heavy atom. The van der Waals surface area contributed by atoms with Crippen molar-refractivity contribution in [2.45, 2.75) is 19.4 Å². The van der Waals surface area contributed by atoms with Gasteiger partial charge in [0.1, 0.15) is 5.82 Å². The van der Waals surface area contributed by atoms with Crippen molar-refractivity contribution in [2.75, 3.05) is 11.9 Å². The Morgan fingerprint density at radius 1 is 1.04 bits per heavy atom. The summed E-state index contributed by atoms with van der Waals surface area (Å²) in [5, 5.41) is 6.97. The van der Waals surface area contributed by atoms with Gasteiger partial charge in [0.05, 0.1) is 5.56 Å². The fourth-order valence-electron chi connectivity index (χ4n) is 2.73. The predicted octanol–water partition coefficient (Wildman–Crippen LogP) is 4.88. The zero-order valence-electron chi connectivity index (χ0n) is 15.2. The van der Waals surface area contributed by atoms with E-state index in [0.717, 1.165) is 17.8 Å². The van der Waals surface area contributed by atoms with Gasteiger partial charge in [0.2, 0.25) is 0 Å². The molecule has 1 heterocycles. The minimum atomic E-state index is -0.126. The highest BCUT2D eigenvalue weighted by atomic mass is 35.5. The lowest BCUT2D eigenvalue weighted by molar-refractivity contribution is 0.0954. The van der Waals surface area contributed by atoms with Crippen LogP contribution in [-0.4, -0.2) is 17.4 Å². The predicted molar refractivity (Wildman–Crippen MR) is 110 cm³/mol. The van der Waals surface area contributed by atoms with E-state index in [-0.39, 0.29) is 11.9 Å². The van der Waals surface area contributed by atoms with Crippen molar-refractivity contribution < 1.29 is 4.79 Å². The van der Waals surface area contributed by atoms with Crippen LogP contribution in [0, 0.1) is 0 Å². The van der Waals surface area contributed by atoms with Crippen LogP contribution in [-0.2, 0) is 6.42 Å². The molecule has 0 aliphatic rings. The minimum absolute atomic E-state index is 0.126. The average molecular weight is 380 g/mol. The molecule has 27 heavy (non-hydrogen) atoms. The number of hydrogen-bond acceptors (Lipinski definition) is 3. The highest BCUT2D eigenvalue weighted by molar-refractivity contribution is 6.30. The number of nitrogens with one attached hydrogen (secondary N) is 2. The van der Waals surface area contributed by atoms with Crippen LogP contribution >= 0.6 is 11.6 Å². The van der Waals surface area contributed by atoms with Crippen molar-refractivity contribution in [1.29, 1.82) is 0 Å². The van der Waals surface area contributed by atoms with Gasteiger partial charge in [-0.2, -0.15) is 0 Å². The number of carbonyl (C=O) groups is 1. The molecule has 5 heteroatoms. The summed E-state index contributed by atoms with van der Waals surface area (Å²) < 4.78 is 0. The second-order valence-electron chi connectivity index (χ2n) is 6.34. The van der Waals surface area contributed by atoms with Crippen molar-refractivity contribution in [2.24, 2.45) is 0 Å². The Balaban J connectivity index is 1.50. The summed E-state index contributed by atoms with van der Waals surface area (Å²) in [5.74, 6) is 0.614. The van der Waals surface area contributed by atoms with Crippen molar-refractivity contribution in [3.05, 3.63) is 94.6 Å². The minimum Gasteiger partial charge on any atom is -0.364 e. The van der Waals surface area contributed by atoms with E-state index in [2.05, 4.69) is 34.7 Å². The fraction of sp³-hybridized carbons (Fsp3) is 0.182. The van der Waals surface area contributed by atoms with Crippen LogP contribution < -0.4 is 10.6 Å². The van der Waals surface area contributed by atoms with Crippen molar-refractivity contribution in [3.63, 3.8) is 0 Å². The van der Waals surface area contributed by atoms with Gasteiger partial charge < -0.3 is 10.6 Å². The maximum absolute atomic E-state index is 12.3. The summed E-state index contributed by atoms with van der Waals surface area (Å²) in [4.78, 5) is 16.6. The van der Waals surface area contributed by atoms with Gasteiger partial charge in [-0.25, -0.2) is 4.98 Å². The Hall–Kier alpha value is -2.85. The summed E-state index contributed by atoms with van der Waals surface area (Å²) in [5.41, 5.74) is 2.86. The van der Waals surface area contributed by atoms with Crippen molar-refractivity contribution >= 4 is 23.3 Å². The molecule has 2 aromatic carbocycles. The molecule has 0 spiro atoms. The van der Waals surface area contributed by atoms with Crippen molar-refractivity contribution in [1.82, 2.24) is 10.3 Å². The molecule has 0 aliphatic carbocycles. The molecule has 2 N–H and O–H groups in total. The summed E-state index contributed by atoms with van der Waals surface area (Å²) >= 11 is 5.87. The molecule has 0 radical (unpaired) electrons. The Bertz CT molecular complexity index is 864. The molecule has 4 nitrogen and oxygen atoms in total. The van der Waals surface area contributed by atoms with Gasteiger partial charge in [-0.05, 0) is 48.7 Å². The maximum atomic E-state index is 12.3. The molecule has 0 aliphatic heterocycles. The van der Waals surface area contributed by atoms with Gasteiger partial charge >= 0.3 is 0 Å². The number of halogens is 1. The zero-order valence-corrected chi connectivity index (χ0v) is 15.9. The second-order valence-corrected chi connectivity index (χ2v) is 6.78. The summed E-state index contributed by atoms with van der Waals surface area (Å²) in [7, 11) is 0. The lowest BCUT2D eigenvalue weighted by Gasteiger charge is -2.15.